The molecule has 5 saturated heterocycles. The number of likely N-dealkylation sites (tertiary alicyclic amines) is 4. The average Bonchev–Trinajstić information content (AvgIpc) is 1.27. The number of benzene rings is 4. The molecule has 2 unspecified atom stereocenters. The maximum Gasteiger partial charge on any atom is 0.234 e. The lowest BCUT2D eigenvalue weighted by molar-refractivity contribution is -0.123. The van der Waals surface area contributed by atoms with Crippen LogP contribution in [0.4, 0.5) is 83.0 Å². The quantitative estimate of drug-likeness (QED) is 0.0227. The molecule has 3 amide bonds. The summed E-state index contributed by atoms with van der Waals surface area (Å²) < 4.78 is 50.7. The van der Waals surface area contributed by atoms with Gasteiger partial charge in [-0.25, -0.2) is 38.1 Å². The van der Waals surface area contributed by atoms with Gasteiger partial charge in [-0.05, 0) is 308 Å². The van der Waals surface area contributed by atoms with Crippen LogP contribution in [-0.2, 0) is 32.0 Å². The number of carbonyl (C=O) groups is 3. The second-order valence-electron chi connectivity index (χ2n) is 36.1. The van der Waals surface area contributed by atoms with Gasteiger partial charge in [0, 0.05) is 98.5 Å². The predicted molar refractivity (Wildman–Crippen MR) is 530 cm³/mol. The molecule has 40 heteroatoms. The number of anilines is 12. The molecular weight excluding hydrogens is 1830 g/mol. The van der Waals surface area contributed by atoms with Crippen molar-refractivity contribution in [2.45, 2.75) is 195 Å². The Labute approximate surface area is 815 Å². The van der Waals surface area contributed by atoms with Crippen molar-refractivity contribution in [1.29, 1.82) is 0 Å². The maximum atomic E-state index is 15.2. The van der Waals surface area contributed by atoms with E-state index in [-0.39, 0.29) is 76.7 Å². The first-order valence-corrected chi connectivity index (χ1v) is 47.8. The van der Waals surface area contributed by atoms with E-state index in [0.29, 0.717) is 128 Å². The summed E-state index contributed by atoms with van der Waals surface area (Å²) in [6.45, 7) is 30.5. The lowest BCUT2D eigenvalue weighted by atomic mass is 9.85. The molecule has 0 spiro atoms. The van der Waals surface area contributed by atoms with Crippen molar-refractivity contribution in [2.75, 3.05) is 111 Å². The summed E-state index contributed by atoms with van der Waals surface area (Å²) in [6.07, 6.45) is 17.1. The molecule has 0 saturated carbocycles. The van der Waals surface area contributed by atoms with Crippen LogP contribution < -0.4 is 48.7 Å². The van der Waals surface area contributed by atoms with Crippen LogP contribution >= 0.6 is 46.4 Å². The summed E-state index contributed by atoms with van der Waals surface area (Å²) in [7, 11) is 1.70. The Hall–Kier alpha value is -12.0. The van der Waals surface area contributed by atoms with E-state index in [1.54, 1.807) is 38.4 Å². The van der Waals surface area contributed by atoms with E-state index in [1.165, 1.54) is 46.9 Å². The summed E-state index contributed by atoms with van der Waals surface area (Å²) >= 11 is 25.1. The van der Waals surface area contributed by atoms with Crippen LogP contribution in [0.15, 0.2) is 97.6 Å². The largest absolute Gasteiger partial charge is 0.381 e. The Kier molecular flexibility index (Phi) is 34.2. The van der Waals surface area contributed by atoms with Gasteiger partial charge in [0.25, 0.3) is 0 Å². The summed E-state index contributed by atoms with van der Waals surface area (Å²) in [4.78, 5) is 78.9. The summed E-state index contributed by atoms with van der Waals surface area (Å²) in [5, 5.41) is 50.8. The SMILES string of the molecule is CNC(=O)CN1CCC[C@@H](c2cc(C)c(Cc3ncc(Cl)c(Cc4cc(C)[nH]n4)n3)cc2C)C1.Cc1cc(Nc2nc(Nc3cc(C)c(C4CCN(C(C)C(N)=O)CC4)cc3F)ncc2Cl)n[nH]1.Cc1cc(Nc2nc(Nc3cc(C)c(C4CCN(C5CCOCC5)CC4)cc3F)ncc2Cl)n[nH]1.Cc1cc(Nc2nc(Nc3cc(C4CCN(C(C)C(N)=O)CC4)c(F)cc3C)ncc2Cl)n[nH]1. The average molecular weight is 1960 g/mol. The zero-order chi connectivity index (χ0) is 97.4. The van der Waals surface area contributed by atoms with Crippen LogP contribution in [0, 0.1) is 79.8 Å². The van der Waals surface area contributed by atoms with E-state index in [0.717, 1.165) is 184 Å². The van der Waals surface area contributed by atoms with Crippen molar-refractivity contribution < 1.29 is 32.3 Å². The van der Waals surface area contributed by atoms with E-state index < -0.39 is 0 Å². The number of hydrogen-bond donors (Lipinski definition) is 13. The minimum absolute atomic E-state index is 0.0451. The first-order valence-electron chi connectivity index (χ1n) is 46.3. The number of nitrogens with one attached hydrogen (secondary N) is 11. The Morgan fingerprint density at radius 2 is 0.883 bits per heavy atom. The molecule has 8 aromatic heterocycles. The van der Waals surface area contributed by atoms with Crippen molar-refractivity contribution in [3.63, 3.8) is 0 Å². The lowest BCUT2D eigenvalue weighted by Crippen LogP contribution is -2.46. The summed E-state index contributed by atoms with van der Waals surface area (Å²) in [6, 6.07) is 22.3. The Balaban J connectivity index is 0.000000146. The molecule has 0 aliphatic carbocycles. The number of aromatic nitrogens is 16. The first-order chi connectivity index (χ1) is 65.7. The monoisotopic (exact) mass is 1950 g/mol. The molecule has 5 aliphatic rings. The summed E-state index contributed by atoms with van der Waals surface area (Å²) in [5.74, 6) is 3.99. The normalized spacial score (nSPS) is 16.6. The Morgan fingerprint density at radius 3 is 1.34 bits per heavy atom. The zero-order valence-electron chi connectivity index (χ0n) is 79.1. The number of piperidine rings is 4. The number of carbonyl (C=O) groups excluding carboxylic acids is 3. The molecule has 3 atom stereocenters. The number of nitrogens with two attached hydrogens (primary N) is 2. The molecular formula is C97H120Cl4F3N29O4. The smallest absolute Gasteiger partial charge is 0.234 e. The van der Waals surface area contributed by atoms with Crippen molar-refractivity contribution in [1.82, 2.24) is 106 Å². The van der Waals surface area contributed by atoms with E-state index in [9.17, 15) is 18.8 Å². The number of H-pyrrole nitrogens is 4. The third-order valence-corrected chi connectivity index (χ3v) is 27.2. The molecule has 4 aromatic carbocycles. The highest BCUT2D eigenvalue weighted by Gasteiger charge is 2.34. The zero-order valence-corrected chi connectivity index (χ0v) is 82.2. The van der Waals surface area contributed by atoms with Crippen LogP contribution in [0.3, 0.4) is 0 Å². The topological polar surface area (TPSA) is 427 Å². The van der Waals surface area contributed by atoms with Gasteiger partial charge in [0.2, 0.25) is 35.6 Å². The van der Waals surface area contributed by atoms with Crippen molar-refractivity contribution >= 4 is 134 Å². The number of ether oxygens (including phenoxy) is 1. The highest BCUT2D eigenvalue weighted by molar-refractivity contribution is 6.33. The lowest BCUT2D eigenvalue weighted by Gasteiger charge is -2.39. The van der Waals surface area contributed by atoms with Gasteiger partial charge in [-0.15, -0.1) is 0 Å². The molecule has 5 fully saturated rings. The number of hydrogen-bond acceptors (Lipinski definition) is 26. The van der Waals surface area contributed by atoms with E-state index in [1.807, 2.05) is 96.7 Å². The second-order valence-corrected chi connectivity index (χ2v) is 37.7. The van der Waals surface area contributed by atoms with Crippen LogP contribution in [-0.4, -0.2) is 215 Å². The van der Waals surface area contributed by atoms with Crippen molar-refractivity contribution in [3.05, 3.63) is 231 Å². The van der Waals surface area contributed by atoms with Gasteiger partial charge in [-0.2, -0.15) is 35.3 Å². The van der Waals surface area contributed by atoms with Gasteiger partial charge < -0.3 is 58.3 Å². The predicted octanol–water partition coefficient (Wildman–Crippen LogP) is 17.6. The molecule has 13 heterocycles. The van der Waals surface area contributed by atoms with Gasteiger partial charge >= 0.3 is 0 Å². The molecule has 0 radical (unpaired) electrons. The Bertz CT molecular complexity index is 6210. The number of primary amides is 2. The van der Waals surface area contributed by atoms with Gasteiger partial charge in [0.1, 0.15) is 38.3 Å². The van der Waals surface area contributed by atoms with E-state index in [2.05, 4.69) is 154 Å². The van der Waals surface area contributed by atoms with Crippen LogP contribution in [0.5, 0.6) is 0 Å². The Morgan fingerprint density at radius 1 is 0.445 bits per heavy atom. The number of halogens is 7. The highest BCUT2D eigenvalue weighted by Crippen LogP contribution is 2.41. The number of amides is 3. The fourth-order valence-electron chi connectivity index (χ4n) is 18.3. The maximum absolute atomic E-state index is 15.2. The molecule has 15 N–H and O–H groups in total. The van der Waals surface area contributed by atoms with Crippen molar-refractivity contribution in [2.24, 2.45) is 11.5 Å². The molecule has 726 valence electrons. The highest BCUT2D eigenvalue weighted by atomic mass is 35.5. The van der Waals surface area contributed by atoms with E-state index >= 15 is 8.78 Å². The second kappa shape index (κ2) is 46.4. The molecule has 137 heavy (non-hydrogen) atoms. The minimum atomic E-state index is -0.385. The molecule has 12 aromatic rings. The number of rotatable bonds is 27. The first kappa shape index (κ1) is 101. The summed E-state index contributed by atoms with van der Waals surface area (Å²) in [5.41, 5.74) is 28.2. The van der Waals surface area contributed by atoms with Gasteiger partial charge in [-0.1, -0.05) is 58.5 Å². The van der Waals surface area contributed by atoms with Gasteiger partial charge in [0.15, 0.2) is 34.9 Å². The fourth-order valence-corrected chi connectivity index (χ4v) is 18.9. The standard InChI is InChI=1S/C26H33ClN6O.C25H31ClFN7O.2C23H28ClFN8O/c1-16-9-22(19-6-5-7-33(14-19)15-26(34)28-4)17(2)8-20(16)11-25-29-13-23(27)24(30-25)12-21-10-18(3)31-32-21;1-15-11-22(29-25-28-14-20(26)24(31-25)30-23-12-16(2)32-33-23)21(27)13-19(15)17-3-7-34(8-4-17)18-5-9-35-10-6-18;1-12-8-18(25)16(15-4-6-33(7-5-15)14(3)21(26)34)10-19(12)28-23-27-11-17(24)22(30-23)29-20-9-13(2)31-32-20;1-12-8-19(18(25)10-16(12)15-4-6-33(7-5-15)14(3)21(26)34)28-23-27-11-17(24)22(30-23)29-20-9-13(2)31-32-20/h8-10,13,19H,5-7,11-12,14-15H2,1-4H3,(H,28,34)(H,31,32);11-14,17-18H,3-10H2,1-2H3,(H3,28,29,30,31,32,33);2*8-11,14-15H,4-7H2,1-3H3,(H2,26,34)(H3,27,28,29,30,31,32)/t19-;;;/m1.../s1. The van der Waals surface area contributed by atoms with Crippen LogP contribution in [0.2, 0.25) is 20.1 Å². The third kappa shape index (κ3) is 26.9. The minimum Gasteiger partial charge on any atom is -0.381 e. The van der Waals surface area contributed by atoms with E-state index in [4.69, 9.17) is 67.6 Å². The molecule has 0 bridgehead atoms. The van der Waals surface area contributed by atoms with Crippen molar-refractivity contribution in [3.8, 4) is 0 Å². The molecule has 33 nitrogen and oxygen atoms in total. The number of nitrogens with zero attached hydrogens (tertiary/aromatic N) is 16. The van der Waals surface area contributed by atoms with Crippen LogP contribution in [0.25, 0.3) is 0 Å². The van der Waals surface area contributed by atoms with Gasteiger partial charge in [-0.3, -0.25) is 49.5 Å². The van der Waals surface area contributed by atoms with Gasteiger partial charge in [0.05, 0.1) is 65.0 Å². The third-order valence-electron chi connectivity index (χ3n) is 26.1. The fraction of sp³-hybridized carbons (Fsp3) is 0.433. The molecule has 17 rings (SSSR count). The number of aromatic amines is 4. The molecule has 5 aliphatic heterocycles. The van der Waals surface area contributed by atoms with Crippen LogP contribution in [0.1, 0.15) is 197 Å². The number of likely N-dealkylation sites (N-methyl/N-ethyl adjacent to an activating group) is 1. The number of aryl methyl sites for hydroxylation is 9.